The van der Waals surface area contributed by atoms with Crippen LogP contribution < -0.4 is 0 Å². The molecule has 168 valence electrons. The number of aryl methyl sites for hydroxylation is 1. The molecule has 2 N–H and O–H groups in total. The molecule has 0 atom stereocenters. The van der Waals surface area contributed by atoms with Gasteiger partial charge >= 0.3 is 0 Å². The molecule has 0 spiro atoms. The van der Waals surface area contributed by atoms with Crippen molar-refractivity contribution in [2.45, 2.75) is 12.8 Å². The van der Waals surface area contributed by atoms with Crippen LogP contribution in [0.25, 0.3) is 35.2 Å². The summed E-state index contributed by atoms with van der Waals surface area (Å²) >= 11 is 0. The maximum absolute atomic E-state index is 5.42. The highest BCUT2D eigenvalue weighted by atomic mass is 16.5. The zero-order valence-corrected chi connectivity index (χ0v) is 18.8. The minimum Gasteiger partial charge on any atom is -0.379 e. The number of nitrogens with zero attached hydrogens (tertiary/aromatic N) is 2. The predicted octanol–water partition coefficient (Wildman–Crippen LogP) is 5.50. The fraction of sp³-hybridized carbons (Fsp3) is 0.250. The van der Waals surface area contributed by atoms with Crippen LogP contribution >= 0.6 is 0 Å². The Balaban J connectivity index is 1.13. The van der Waals surface area contributed by atoms with E-state index in [0.29, 0.717) is 0 Å². The van der Waals surface area contributed by atoms with Crippen molar-refractivity contribution in [3.8, 4) is 0 Å². The van der Waals surface area contributed by atoms with E-state index in [2.05, 4.69) is 92.9 Å². The number of hydrogen-bond acceptors (Lipinski definition) is 3. The highest BCUT2D eigenvalue weighted by Gasteiger charge is 2.09. The number of rotatable bonds is 8. The number of morpholine rings is 1. The van der Waals surface area contributed by atoms with Crippen LogP contribution in [0.15, 0.2) is 60.8 Å². The first-order chi connectivity index (χ1) is 16.3. The summed E-state index contributed by atoms with van der Waals surface area (Å²) in [6.45, 7) is 5.04. The van der Waals surface area contributed by atoms with Gasteiger partial charge in [0.25, 0.3) is 0 Å². The van der Waals surface area contributed by atoms with E-state index in [0.717, 1.165) is 61.7 Å². The lowest BCUT2D eigenvalue weighted by molar-refractivity contribution is 0.0375. The van der Waals surface area contributed by atoms with Crippen molar-refractivity contribution in [2.75, 3.05) is 32.8 Å². The molecular formula is C28H30N4O. The Morgan fingerprint density at radius 1 is 0.879 bits per heavy atom. The molecular weight excluding hydrogens is 408 g/mol. The summed E-state index contributed by atoms with van der Waals surface area (Å²) in [5.41, 5.74) is 6.78. The van der Waals surface area contributed by atoms with Gasteiger partial charge in [-0.1, -0.05) is 48.6 Å². The molecule has 0 amide bonds. The molecule has 5 heteroatoms. The van der Waals surface area contributed by atoms with Gasteiger partial charge in [-0.2, -0.15) is 5.10 Å². The Labute approximate surface area is 194 Å². The highest BCUT2D eigenvalue weighted by molar-refractivity contribution is 5.83. The van der Waals surface area contributed by atoms with E-state index in [-0.39, 0.29) is 0 Å². The van der Waals surface area contributed by atoms with Crippen LogP contribution in [0.3, 0.4) is 0 Å². The second-order valence-corrected chi connectivity index (χ2v) is 8.54. The number of hydrogen-bond donors (Lipinski definition) is 2. The summed E-state index contributed by atoms with van der Waals surface area (Å²) in [4.78, 5) is 5.75. The van der Waals surface area contributed by atoms with Crippen molar-refractivity contribution >= 4 is 35.2 Å². The van der Waals surface area contributed by atoms with E-state index in [1.807, 2.05) is 12.3 Å². The van der Waals surface area contributed by atoms with Crippen molar-refractivity contribution in [2.24, 2.45) is 0 Å². The van der Waals surface area contributed by atoms with E-state index in [4.69, 9.17) is 4.74 Å². The summed E-state index contributed by atoms with van der Waals surface area (Å²) in [6, 6.07) is 19.4. The number of nitrogens with one attached hydrogen (secondary N) is 2. The molecule has 0 radical (unpaired) electrons. The molecule has 0 bridgehead atoms. The van der Waals surface area contributed by atoms with Crippen LogP contribution in [0.4, 0.5) is 0 Å². The number of aromatic nitrogens is 3. The molecule has 0 unspecified atom stereocenters. The van der Waals surface area contributed by atoms with Crippen LogP contribution in [0, 0.1) is 0 Å². The minimum absolute atomic E-state index is 0.874. The van der Waals surface area contributed by atoms with E-state index in [9.17, 15) is 0 Å². The van der Waals surface area contributed by atoms with Gasteiger partial charge in [0.05, 0.1) is 24.6 Å². The summed E-state index contributed by atoms with van der Waals surface area (Å²) in [5, 5.41) is 8.72. The van der Waals surface area contributed by atoms with E-state index in [1.54, 1.807) is 0 Å². The molecule has 4 aromatic rings. The molecule has 2 aromatic carbocycles. The first-order valence-corrected chi connectivity index (χ1v) is 11.7. The van der Waals surface area contributed by atoms with Gasteiger partial charge in [0.1, 0.15) is 0 Å². The van der Waals surface area contributed by atoms with Gasteiger partial charge in [-0.05, 0) is 71.8 Å². The molecule has 1 fully saturated rings. The monoisotopic (exact) mass is 438 g/mol. The average Bonchev–Trinajstić information content (AvgIpc) is 3.52. The fourth-order valence-corrected chi connectivity index (χ4v) is 4.19. The third-order valence-electron chi connectivity index (χ3n) is 6.12. The van der Waals surface area contributed by atoms with Crippen LogP contribution in [-0.2, 0) is 11.2 Å². The molecule has 5 rings (SSSR count). The van der Waals surface area contributed by atoms with Gasteiger partial charge in [0, 0.05) is 24.8 Å². The second-order valence-electron chi connectivity index (χ2n) is 8.54. The molecule has 0 saturated carbocycles. The molecule has 1 aliphatic rings. The van der Waals surface area contributed by atoms with Gasteiger partial charge in [-0.25, -0.2) is 0 Å². The highest BCUT2D eigenvalue weighted by Crippen LogP contribution is 2.17. The average molecular weight is 439 g/mol. The van der Waals surface area contributed by atoms with Crippen molar-refractivity contribution in [3.63, 3.8) is 0 Å². The van der Waals surface area contributed by atoms with Crippen molar-refractivity contribution in [3.05, 3.63) is 88.9 Å². The van der Waals surface area contributed by atoms with Crippen LogP contribution in [0.1, 0.15) is 34.5 Å². The van der Waals surface area contributed by atoms with E-state index < -0.39 is 0 Å². The molecule has 3 heterocycles. The lowest BCUT2D eigenvalue weighted by Crippen LogP contribution is -2.36. The Morgan fingerprint density at radius 2 is 1.70 bits per heavy atom. The Bertz CT molecular complexity index is 1230. The SMILES string of the molecule is C(=Cc1cc(C=Cc2ccc3cc[nH]c3c2)n[nH]1)c1ccc(CCCN2CCOCC2)cc1. The number of benzene rings is 2. The quantitative estimate of drug-likeness (QED) is 0.382. The zero-order valence-electron chi connectivity index (χ0n) is 18.8. The number of fused-ring (bicyclic) bond motifs is 1. The third-order valence-corrected chi connectivity index (χ3v) is 6.12. The van der Waals surface area contributed by atoms with E-state index in [1.165, 1.54) is 22.9 Å². The fourth-order valence-electron chi connectivity index (χ4n) is 4.19. The Kier molecular flexibility index (Phi) is 6.80. The Hall–Kier alpha value is -3.41. The third kappa shape index (κ3) is 5.89. The summed E-state index contributed by atoms with van der Waals surface area (Å²) in [5.74, 6) is 0. The molecule has 2 aromatic heterocycles. The zero-order chi connectivity index (χ0) is 22.3. The predicted molar refractivity (Wildman–Crippen MR) is 137 cm³/mol. The number of H-pyrrole nitrogens is 2. The topological polar surface area (TPSA) is 56.9 Å². The van der Waals surface area contributed by atoms with Gasteiger partial charge in [-0.3, -0.25) is 10.00 Å². The Morgan fingerprint density at radius 3 is 2.58 bits per heavy atom. The number of ether oxygens (including phenoxy) is 1. The van der Waals surface area contributed by atoms with Crippen molar-refractivity contribution < 1.29 is 4.74 Å². The van der Waals surface area contributed by atoms with E-state index >= 15 is 0 Å². The maximum atomic E-state index is 5.42. The summed E-state index contributed by atoms with van der Waals surface area (Å²) in [6.07, 6.45) is 12.6. The summed E-state index contributed by atoms with van der Waals surface area (Å²) < 4.78 is 5.42. The standard InChI is InChI=1S/C28H30N4O/c1(15-32-16-18-33-19-17-32)2-22-3-5-23(6-4-22)8-11-26-21-27(31-30-26)12-9-24-7-10-25-13-14-29-28(25)20-24/h3-14,20-21,29H,1-2,15-19H2,(H,30,31). The molecule has 1 aliphatic heterocycles. The smallest absolute Gasteiger partial charge is 0.0854 e. The lowest BCUT2D eigenvalue weighted by atomic mass is 10.1. The molecule has 0 aliphatic carbocycles. The first-order valence-electron chi connectivity index (χ1n) is 11.7. The van der Waals surface area contributed by atoms with Crippen LogP contribution in [0.2, 0.25) is 0 Å². The molecule has 1 saturated heterocycles. The largest absolute Gasteiger partial charge is 0.379 e. The lowest BCUT2D eigenvalue weighted by Gasteiger charge is -2.26. The van der Waals surface area contributed by atoms with Crippen molar-refractivity contribution in [1.29, 1.82) is 0 Å². The van der Waals surface area contributed by atoms with Crippen LogP contribution in [-0.4, -0.2) is 52.9 Å². The van der Waals surface area contributed by atoms with Crippen molar-refractivity contribution in [1.82, 2.24) is 20.1 Å². The van der Waals surface area contributed by atoms with Gasteiger partial charge in [-0.15, -0.1) is 0 Å². The normalized spacial score (nSPS) is 15.3. The number of aromatic amines is 2. The molecule has 33 heavy (non-hydrogen) atoms. The van der Waals surface area contributed by atoms with Gasteiger partial charge in [0.2, 0.25) is 0 Å². The first kappa shape index (κ1) is 21.4. The summed E-state index contributed by atoms with van der Waals surface area (Å²) in [7, 11) is 0. The van der Waals surface area contributed by atoms with Gasteiger partial charge < -0.3 is 9.72 Å². The minimum atomic E-state index is 0.874. The second kappa shape index (κ2) is 10.5. The van der Waals surface area contributed by atoms with Gasteiger partial charge in [0.15, 0.2) is 0 Å². The molecule has 5 nitrogen and oxygen atoms in total. The maximum Gasteiger partial charge on any atom is 0.0854 e. The van der Waals surface area contributed by atoms with Crippen LogP contribution in [0.5, 0.6) is 0 Å².